The summed E-state index contributed by atoms with van der Waals surface area (Å²) in [6.07, 6.45) is -4.74. The Balaban J connectivity index is 2.21. The monoisotopic (exact) mass is 339 g/mol. The number of benzene rings is 1. The number of ether oxygens (including phenoxy) is 2. The number of carbonyl (C=O) groups excluding carboxylic acids is 1. The summed E-state index contributed by atoms with van der Waals surface area (Å²) in [6.45, 7) is 0.711. The summed E-state index contributed by atoms with van der Waals surface area (Å²) in [5.74, 6) is -0.583. The highest BCUT2D eigenvalue weighted by Crippen LogP contribution is 2.33. The van der Waals surface area contributed by atoms with Crippen LogP contribution >= 0.6 is 15.9 Å². The number of morpholine rings is 1. The molecule has 0 unspecified atom stereocenters. The van der Waals surface area contributed by atoms with E-state index in [9.17, 15) is 18.0 Å². The second-order valence-electron chi connectivity index (χ2n) is 3.76. The van der Waals surface area contributed by atoms with E-state index in [1.165, 1.54) is 17.0 Å². The van der Waals surface area contributed by atoms with Crippen molar-refractivity contribution in [3.8, 4) is 5.75 Å². The van der Waals surface area contributed by atoms with Crippen molar-refractivity contribution < 1.29 is 27.4 Å². The molecule has 19 heavy (non-hydrogen) atoms. The zero-order chi connectivity index (χ0) is 14.0. The average Bonchev–Trinajstić information content (AvgIpc) is 2.28. The molecule has 2 rings (SSSR count). The van der Waals surface area contributed by atoms with E-state index in [4.69, 9.17) is 4.74 Å². The van der Waals surface area contributed by atoms with E-state index in [1.54, 1.807) is 0 Å². The number of anilines is 1. The molecule has 0 saturated carbocycles. The Hall–Kier alpha value is -1.28. The van der Waals surface area contributed by atoms with Crippen molar-refractivity contribution in [3.05, 3.63) is 22.7 Å². The molecule has 0 radical (unpaired) electrons. The van der Waals surface area contributed by atoms with Crippen LogP contribution in [0.3, 0.4) is 0 Å². The summed E-state index contributed by atoms with van der Waals surface area (Å²) >= 11 is 3.14. The second-order valence-corrected chi connectivity index (χ2v) is 4.61. The van der Waals surface area contributed by atoms with Crippen LogP contribution in [0.5, 0.6) is 5.75 Å². The molecule has 8 heteroatoms. The minimum Gasteiger partial charge on any atom is -0.406 e. The molecule has 1 heterocycles. The molecule has 1 aliphatic heterocycles. The summed E-state index contributed by atoms with van der Waals surface area (Å²) in [6, 6.07) is 3.73. The van der Waals surface area contributed by atoms with Crippen LogP contribution < -0.4 is 9.64 Å². The lowest BCUT2D eigenvalue weighted by Crippen LogP contribution is -2.41. The van der Waals surface area contributed by atoms with Gasteiger partial charge in [-0.15, -0.1) is 13.2 Å². The highest BCUT2D eigenvalue weighted by Gasteiger charge is 2.31. The zero-order valence-electron chi connectivity index (χ0n) is 9.54. The first-order valence-electron chi connectivity index (χ1n) is 5.30. The summed E-state index contributed by atoms with van der Waals surface area (Å²) in [4.78, 5) is 13.1. The van der Waals surface area contributed by atoms with E-state index >= 15 is 0 Å². The summed E-state index contributed by atoms with van der Waals surface area (Å²) in [5.41, 5.74) is 0.489. The van der Waals surface area contributed by atoms with Gasteiger partial charge in [0, 0.05) is 11.0 Å². The SMILES string of the molecule is O=C1COCCN1c1ccc(OC(F)(F)F)cc1Br. The predicted molar refractivity (Wildman–Crippen MR) is 64.0 cm³/mol. The van der Waals surface area contributed by atoms with Gasteiger partial charge in [0.2, 0.25) is 0 Å². The molecule has 0 spiro atoms. The molecular formula is C11H9BrF3NO3. The van der Waals surface area contributed by atoms with Gasteiger partial charge < -0.3 is 14.4 Å². The molecule has 0 aromatic heterocycles. The lowest BCUT2D eigenvalue weighted by Gasteiger charge is -2.27. The lowest BCUT2D eigenvalue weighted by molar-refractivity contribution is -0.274. The molecule has 1 aliphatic rings. The molecule has 0 atom stereocenters. The van der Waals surface area contributed by atoms with Crippen LogP contribution in [0.2, 0.25) is 0 Å². The van der Waals surface area contributed by atoms with Crippen molar-refractivity contribution in [2.75, 3.05) is 24.7 Å². The van der Waals surface area contributed by atoms with Crippen molar-refractivity contribution in [2.24, 2.45) is 0 Å². The molecule has 1 saturated heterocycles. The minimum absolute atomic E-state index is 0.0345. The number of carbonyl (C=O) groups is 1. The second kappa shape index (κ2) is 5.38. The Kier molecular flexibility index (Phi) is 4.00. The fraction of sp³-hybridized carbons (Fsp3) is 0.364. The number of amides is 1. The molecule has 1 amide bonds. The maximum absolute atomic E-state index is 12.1. The third kappa shape index (κ3) is 3.60. The van der Waals surface area contributed by atoms with Gasteiger partial charge in [0.05, 0.1) is 12.3 Å². The average molecular weight is 340 g/mol. The van der Waals surface area contributed by atoms with Crippen molar-refractivity contribution in [1.29, 1.82) is 0 Å². The Morgan fingerprint density at radius 3 is 2.68 bits per heavy atom. The van der Waals surface area contributed by atoms with Crippen LogP contribution in [0.1, 0.15) is 0 Å². The lowest BCUT2D eigenvalue weighted by atomic mass is 10.2. The van der Waals surface area contributed by atoms with E-state index in [-0.39, 0.29) is 18.3 Å². The first-order valence-corrected chi connectivity index (χ1v) is 6.09. The molecule has 0 aliphatic carbocycles. The van der Waals surface area contributed by atoms with E-state index in [0.717, 1.165) is 6.07 Å². The van der Waals surface area contributed by atoms with Gasteiger partial charge in [0.1, 0.15) is 12.4 Å². The Morgan fingerprint density at radius 1 is 1.37 bits per heavy atom. The van der Waals surface area contributed by atoms with Crippen LogP contribution in [-0.4, -0.2) is 32.0 Å². The van der Waals surface area contributed by atoms with Crippen LogP contribution in [0, 0.1) is 0 Å². The number of hydrogen-bond donors (Lipinski definition) is 0. The fourth-order valence-corrected chi connectivity index (χ4v) is 2.25. The van der Waals surface area contributed by atoms with Crippen molar-refractivity contribution in [3.63, 3.8) is 0 Å². The molecule has 1 fully saturated rings. The van der Waals surface area contributed by atoms with Crippen molar-refractivity contribution >= 4 is 27.5 Å². The number of rotatable bonds is 2. The third-order valence-corrected chi connectivity index (χ3v) is 3.06. The third-order valence-electron chi connectivity index (χ3n) is 2.43. The first-order chi connectivity index (χ1) is 8.87. The Bertz CT molecular complexity index is 493. The van der Waals surface area contributed by atoms with Gasteiger partial charge in [-0.05, 0) is 34.1 Å². The van der Waals surface area contributed by atoms with Crippen molar-refractivity contribution in [2.45, 2.75) is 6.36 Å². The van der Waals surface area contributed by atoms with Crippen molar-refractivity contribution in [1.82, 2.24) is 0 Å². The first kappa shape index (κ1) is 14.1. The van der Waals surface area contributed by atoms with Crippen LogP contribution in [0.25, 0.3) is 0 Å². The highest BCUT2D eigenvalue weighted by molar-refractivity contribution is 9.10. The molecule has 1 aromatic carbocycles. The van der Waals surface area contributed by atoms with Crippen LogP contribution in [-0.2, 0) is 9.53 Å². The largest absolute Gasteiger partial charge is 0.573 e. The number of alkyl halides is 3. The van der Waals surface area contributed by atoms with E-state index < -0.39 is 6.36 Å². The number of nitrogens with zero attached hydrogens (tertiary/aromatic N) is 1. The van der Waals surface area contributed by atoms with E-state index in [1.807, 2.05) is 0 Å². The Morgan fingerprint density at radius 2 is 2.11 bits per heavy atom. The van der Waals surface area contributed by atoms with Gasteiger partial charge in [-0.3, -0.25) is 4.79 Å². The van der Waals surface area contributed by atoms with Crippen LogP contribution in [0.15, 0.2) is 22.7 Å². The number of halogens is 4. The molecule has 4 nitrogen and oxygen atoms in total. The maximum atomic E-state index is 12.1. The predicted octanol–water partition coefficient (Wildman–Crippen LogP) is 2.71. The Labute approximate surface area is 115 Å². The van der Waals surface area contributed by atoms with Gasteiger partial charge in [0.25, 0.3) is 5.91 Å². The topological polar surface area (TPSA) is 38.8 Å². The number of hydrogen-bond acceptors (Lipinski definition) is 3. The molecule has 1 aromatic rings. The van der Waals surface area contributed by atoms with Gasteiger partial charge >= 0.3 is 6.36 Å². The normalized spacial score (nSPS) is 16.6. The smallest absolute Gasteiger partial charge is 0.406 e. The van der Waals surface area contributed by atoms with E-state index in [2.05, 4.69) is 20.7 Å². The molecular weight excluding hydrogens is 331 g/mol. The van der Waals surface area contributed by atoms with Gasteiger partial charge in [-0.1, -0.05) is 0 Å². The molecule has 0 bridgehead atoms. The standard InChI is InChI=1S/C11H9BrF3NO3/c12-8-5-7(19-11(13,14)15)1-2-9(8)16-3-4-18-6-10(16)17/h1-2,5H,3-4,6H2. The maximum Gasteiger partial charge on any atom is 0.573 e. The zero-order valence-corrected chi connectivity index (χ0v) is 11.1. The van der Waals surface area contributed by atoms with Gasteiger partial charge in [0.15, 0.2) is 0 Å². The minimum atomic E-state index is -4.74. The summed E-state index contributed by atoms with van der Waals surface area (Å²) < 4.78 is 45.3. The molecule has 104 valence electrons. The summed E-state index contributed by atoms with van der Waals surface area (Å²) in [5, 5.41) is 0. The highest BCUT2D eigenvalue weighted by atomic mass is 79.9. The van der Waals surface area contributed by atoms with Gasteiger partial charge in [-0.2, -0.15) is 0 Å². The van der Waals surface area contributed by atoms with Gasteiger partial charge in [-0.25, -0.2) is 0 Å². The quantitative estimate of drug-likeness (QED) is 0.831. The van der Waals surface area contributed by atoms with Crippen LogP contribution in [0.4, 0.5) is 18.9 Å². The van der Waals surface area contributed by atoms with E-state index in [0.29, 0.717) is 23.3 Å². The fourth-order valence-electron chi connectivity index (χ4n) is 1.68. The summed E-state index contributed by atoms with van der Waals surface area (Å²) in [7, 11) is 0. The molecule has 0 N–H and O–H groups in total.